The number of furan rings is 1. The Morgan fingerprint density at radius 2 is 1.94 bits per heavy atom. The lowest BCUT2D eigenvalue weighted by Crippen LogP contribution is -2.46. The van der Waals surface area contributed by atoms with Crippen molar-refractivity contribution in [3.8, 4) is 0 Å². The molecule has 2 fully saturated rings. The van der Waals surface area contributed by atoms with Crippen LogP contribution in [0.25, 0.3) is 0 Å². The van der Waals surface area contributed by atoms with E-state index >= 15 is 0 Å². The maximum atomic E-state index is 5.95. The first-order valence-electron chi connectivity index (χ1n) is 7.04. The third-order valence-electron chi connectivity index (χ3n) is 4.28. The molecule has 1 aromatic rings. The molecule has 0 bridgehead atoms. The summed E-state index contributed by atoms with van der Waals surface area (Å²) >= 11 is 5.95. The topological polar surface area (TPSA) is 28.4 Å². The molecule has 0 amide bonds. The number of nitrogens with one attached hydrogen (secondary N) is 1. The first-order chi connectivity index (χ1) is 8.84. The highest BCUT2D eigenvalue weighted by molar-refractivity contribution is 6.28. The molecule has 0 unspecified atom stereocenters. The van der Waals surface area contributed by atoms with Crippen molar-refractivity contribution in [2.75, 3.05) is 26.2 Å². The molecule has 1 aliphatic carbocycles. The molecule has 1 atom stereocenters. The van der Waals surface area contributed by atoms with Crippen LogP contribution in [-0.2, 0) is 0 Å². The quantitative estimate of drug-likeness (QED) is 0.913. The molecule has 1 aliphatic heterocycles. The highest BCUT2D eigenvalue weighted by atomic mass is 35.5. The van der Waals surface area contributed by atoms with Gasteiger partial charge in [0.1, 0.15) is 5.76 Å². The Morgan fingerprint density at radius 3 is 2.56 bits per heavy atom. The van der Waals surface area contributed by atoms with E-state index in [4.69, 9.17) is 16.0 Å². The molecule has 2 heterocycles. The summed E-state index contributed by atoms with van der Waals surface area (Å²) in [5, 5.41) is 3.94. The third kappa shape index (κ3) is 2.58. The Hall–Kier alpha value is -0.510. The molecule has 1 N–H and O–H groups in total. The number of halogens is 1. The van der Waals surface area contributed by atoms with Gasteiger partial charge in [-0.25, -0.2) is 0 Å². The van der Waals surface area contributed by atoms with E-state index in [9.17, 15) is 0 Å². The van der Waals surface area contributed by atoms with E-state index in [0.29, 0.717) is 11.3 Å². The predicted molar refractivity (Wildman–Crippen MR) is 72.9 cm³/mol. The largest absolute Gasteiger partial charge is 0.448 e. The number of rotatable bonds is 3. The fraction of sp³-hybridized carbons (Fsp3) is 0.714. The molecule has 0 radical (unpaired) electrons. The van der Waals surface area contributed by atoms with E-state index in [-0.39, 0.29) is 0 Å². The van der Waals surface area contributed by atoms with Crippen LogP contribution in [-0.4, -0.2) is 31.1 Å². The van der Waals surface area contributed by atoms with Crippen LogP contribution in [0.3, 0.4) is 0 Å². The van der Waals surface area contributed by atoms with Crippen LogP contribution in [0.4, 0.5) is 0 Å². The summed E-state index contributed by atoms with van der Waals surface area (Å²) in [6.45, 7) is 4.38. The van der Waals surface area contributed by atoms with Crippen molar-refractivity contribution in [3.63, 3.8) is 0 Å². The maximum Gasteiger partial charge on any atom is 0.193 e. The lowest BCUT2D eigenvalue weighted by atomic mass is 9.94. The van der Waals surface area contributed by atoms with Gasteiger partial charge in [-0.2, -0.15) is 0 Å². The van der Waals surface area contributed by atoms with E-state index in [1.807, 2.05) is 6.07 Å². The van der Waals surface area contributed by atoms with Gasteiger partial charge in [0, 0.05) is 26.2 Å². The van der Waals surface area contributed by atoms with E-state index in [2.05, 4.69) is 16.3 Å². The highest BCUT2D eigenvalue weighted by Crippen LogP contribution is 2.40. The molecule has 0 aromatic carbocycles. The van der Waals surface area contributed by atoms with E-state index in [0.717, 1.165) is 37.9 Å². The molecule has 1 aromatic heterocycles. The Bertz CT molecular complexity index is 381. The molecular weight excluding hydrogens is 248 g/mol. The minimum atomic E-state index is 0.432. The predicted octanol–water partition coefficient (Wildman–Crippen LogP) is 3.07. The van der Waals surface area contributed by atoms with Crippen molar-refractivity contribution in [1.82, 2.24) is 10.2 Å². The van der Waals surface area contributed by atoms with Crippen molar-refractivity contribution in [3.05, 3.63) is 23.1 Å². The lowest BCUT2D eigenvalue weighted by Gasteiger charge is -2.37. The van der Waals surface area contributed by atoms with E-state index in [1.54, 1.807) is 0 Å². The maximum absolute atomic E-state index is 5.95. The average Bonchev–Trinajstić information content (AvgIpc) is 3.04. The van der Waals surface area contributed by atoms with Crippen LogP contribution < -0.4 is 5.32 Å². The monoisotopic (exact) mass is 268 g/mol. The van der Waals surface area contributed by atoms with Gasteiger partial charge in [0.05, 0.1) is 6.04 Å². The standard InChI is InChI=1S/C14H21ClN2O/c15-13-6-5-12(18-13)14(11-3-1-2-4-11)17-9-7-16-8-10-17/h5-6,11,14,16H,1-4,7-10H2/t14-/m1/s1. The van der Waals surface area contributed by atoms with Crippen molar-refractivity contribution in [1.29, 1.82) is 0 Å². The van der Waals surface area contributed by atoms with Crippen molar-refractivity contribution in [2.24, 2.45) is 5.92 Å². The van der Waals surface area contributed by atoms with Gasteiger partial charge in [-0.3, -0.25) is 4.90 Å². The Labute approximate surface area is 113 Å². The summed E-state index contributed by atoms with van der Waals surface area (Å²) in [4.78, 5) is 2.57. The molecule has 18 heavy (non-hydrogen) atoms. The van der Waals surface area contributed by atoms with Gasteiger partial charge >= 0.3 is 0 Å². The Kier molecular flexibility index (Phi) is 3.92. The normalized spacial score (nSPS) is 24.5. The summed E-state index contributed by atoms with van der Waals surface area (Å²) in [7, 11) is 0. The van der Waals surface area contributed by atoms with Gasteiger partial charge in [0.2, 0.25) is 0 Å². The average molecular weight is 269 g/mol. The molecule has 0 spiro atoms. The minimum Gasteiger partial charge on any atom is -0.448 e. The second kappa shape index (κ2) is 5.64. The van der Waals surface area contributed by atoms with E-state index in [1.165, 1.54) is 25.7 Å². The zero-order chi connectivity index (χ0) is 12.4. The summed E-state index contributed by atoms with van der Waals surface area (Å²) in [6, 6.07) is 4.37. The van der Waals surface area contributed by atoms with Crippen molar-refractivity contribution < 1.29 is 4.42 Å². The fourth-order valence-electron chi connectivity index (χ4n) is 3.43. The zero-order valence-electron chi connectivity index (χ0n) is 10.7. The summed E-state index contributed by atoms with van der Waals surface area (Å²) in [6.07, 6.45) is 5.38. The molecule has 1 saturated carbocycles. The number of hydrogen-bond donors (Lipinski definition) is 1. The lowest BCUT2D eigenvalue weighted by molar-refractivity contribution is 0.108. The van der Waals surface area contributed by atoms with Gasteiger partial charge in [0.15, 0.2) is 5.22 Å². The Balaban J connectivity index is 1.82. The van der Waals surface area contributed by atoms with Gasteiger partial charge in [0.25, 0.3) is 0 Å². The van der Waals surface area contributed by atoms with Crippen LogP contribution in [0.1, 0.15) is 37.5 Å². The van der Waals surface area contributed by atoms with Crippen LogP contribution >= 0.6 is 11.6 Å². The van der Waals surface area contributed by atoms with Gasteiger partial charge in [-0.15, -0.1) is 0 Å². The van der Waals surface area contributed by atoms with Gasteiger partial charge < -0.3 is 9.73 Å². The first kappa shape index (κ1) is 12.5. The molecule has 1 saturated heterocycles. The second-order valence-corrected chi connectivity index (χ2v) is 5.79. The van der Waals surface area contributed by atoms with Crippen LogP contribution in [0.5, 0.6) is 0 Å². The SMILES string of the molecule is Clc1ccc([C@@H](C2CCCC2)N2CCNCC2)o1. The molecule has 4 heteroatoms. The van der Waals surface area contributed by atoms with E-state index < -0.39 is 0 Å². The molecule has 3 rings (SSSR count). The molecule has 100 valence electrons. The Morgan fingerprint density at radius 1 is 1.22 bits per heavy atom. The number of nitrogens with zero attached hydrogens (tertiary/aromatic N) is 1. The van der Waals surface area contributed by atoms with Gasteiger partial charge in [-0.1, -0.05) is 12.8 Å². The molecule has 3 nitrogen and oxygen atoms in total. The van der Waals surface area contributed by atoms with Crippen LogP contribution in [0, 0.1) is 5.92 Å². The van der Waals surface area contributed by atoms with Crippen LogP contribution in [0.15, 0.2) is 16.5 Å². The first-order valence-corrected chi connectivity index (χ1v) is 7.42. The molecule has 2 aliphatic rings. The summed E-state index contributed by atoms with van der Waals surface area (Å²) in [5.41, 5.74) is 0. The summed E-state index contributed by atoms with van der Waals surface area (Å²) in [5.74, 6) is 1.80. The van der Waals surface area contributed by atoms with Crippen molar-refractivity contribution >= 4 is 11.6 Å². The fourth-order valence-corrected chi connectivity index (χ4v) is 3.58. The summed E-state index contributed by atoms with van der Waals surface area (Å²) < 4.78 is 5.71. The minimum absolute atomic E-state index is 0.432. The van der Waals surface area contributed by atoms with Crippen LogP contribution in [0.2, 0.25) is 5.22 Å². The molecular formula is C14H21ClN2O. The second-order valence-electron chi connectivity index (χ2n) is 5.42. The highest BCUT2D eigenvalue weighted by Gasteiger charge is 2.33. The van der Waals surface area contributed by atoms with Gasteiger partial charge in [-0.05, 0) is 42.5 Å². The zero-order valence-corrected chi connectivity index (χ0v) is 11.5. The number of hydrogen-bond acceptors (Lipinski definition) is 3. The number of piperazine rings is 1. The smallest absolute Gasteiger partial charge is 0.193 e. The third-order valence-corrected chi connectivity index (χ3v) is 4.48. The van der Waals surface area contributed by atoms with Crippen molar-refractivity contribution in [2.45, 2.75) is 31.7 Å².